The van der Waals surface area contributed by atoms with E-state index in [1.165, 1.54) is 0 Å². The maximum Gasteiger partial charge on any atom is 0.129 e. The topological polar surface area (TPSA) is 47.0 Å². The molecule has 1 heterocycles. The fourth-order valence-corrected chi connectivity index (χ4v) is 1.24. The molecule has 0 aromatic carbocycles. The van der Waals surface area contributed by atoms with E-state index in [0.29, 0.717) is 0 Å². The predicted molar refractivity (Wildman–Crippen MR) is 56.5 cm³/mol. The van der Waals surface area contributed by atoms with Gasteiger partial charge in [-0.1, -0.05) is 0 Å². The highest BCUT2D eigenvalue weighted by molar-refractivity contribution is 5.35. The van der Waals surface area contributed by atoms with E-state index in [0.717, 1.165) is 36.9 Å². The second-order valence-electron chi connectivity index (χ2n) is 3.21. The lowest BCUT2D eigenvalue weighted by Gasteiger charge is -2.06. The summed E-state index contributed by atoms with van der Waals surface area (Å²) < 4.78 is 4.95. The third-order valence-corrected chi connectivity index (χ3v) is 1.80. The molecule has 0 amide bonds. The van der Waals surface area contributed by atoms with Gasteiger partial charge in [0.2, 0.25) is 0 Å². The number of rotatable bonds is 5. The Morgan fingerprint density at radius 1 is 1.36 bits per heavy atom. The van der Waals surface area contributed by atoms with Gasteiger partial charge in [0.1, 0.15) is 11.6 Å². The molecule has 4 heteroatoms. The Kier molecular flexibility index (Phi) is 4.32. The first kappa shape index (κ1) is 10.9. The Bertz CT molecular complexity index is 268. The van der Waals surface area contributed by atoms with E-state index in [2.05, 4.69) is 15.3 Å². The van der Waals surface area contributed by atoms with Gasteiger partial charge < -0.3 is 10.1 Å². The van der Waals surface area contributed by atoms with Crippen LogP contribution in [0.1, 0.15) is 17.9 Å². The normalized spacial score (nSPS) is 10.2. The van der Waals surface area contributed by atoms with Gasteiger partial charge in [0.25, 0.3) is 0 Å². The van der Waals surface area contributed by atoms with Crippen LogP contribution in [0.3, 0.4) is 0 Å². The van der Waals surface area contributed by atoms with Gasteiger partial charge >= 0.3 is 0 Å². The number of anilines is 1. The molecule has 1 N–H and O–H groups in total. The number of methoxy groups -OCH3 is 1. The molecule has 78 valence electrons. The summed E-state index contributed by atoms with van der Waals surface area (Å²) in [5.74, 6) is 1.70. The molecule has 0 saturated carbocycles. The number of ether oxygens (including phenoxy) is 1. The Morgan fingerprint density at radius 3 is 2.79 bits per heavy atom. The zero-order chi connectivity index (χ0) is 10.4. The molecule has 0 unspecified atom stereocenters. The fourth-order valence-electron chi connectivity index (χ4n) is 1.24. The summed E-state index contributed by atoms with van der Waals surface area (Å²) in [6, 6.07) is 1.94. The van der Waals surface area contributed by atoms with Gasteiger partial charge in [0, 0.05) is 32.0 Å². The van der Waals surface area contributed by atoms with Crippen LogP contribution >= 0.6 is 0 Å². The van der Waals surface area contributed by atoms with E-state index >= 15 is 0 Å². The highest BCUT2D eigenvalue weighted by Gasteiger charge is 1.97. The molecule has 1 rings (SSSR count). The lowest BCUT2D eigenvalue weighted by atomic mass is 10.4. The molecule has 0 radical (unpaired) electrons. The summed E-state index contributed by atoms with van der Waals surface area (Å²) in [7, 11) is 1.71. The van der Waals surface area contributed by atoms with E-state index in [1.807, 2.05) is 19.9 Å². The van der Waals surface area contributed by atoms with Gasteiger partial charge in [-0.3, -0.25) is 0 Å². The first-order valence-corrected chi connectivity index (χ1v) is 4.77. The van der Waals surface area contributed by atoms with Gasteiger partial charge in [-0.25, -0.2) is 9.97 Å². The molecule has 4 nitrogen and oxygen atoms in total. The van der Waals surface area contributed by atoms with Gasteiger partial charge in [-0.05, 0) is 20.3 Å². The summed E-state index contributed by atoms with van der Waals surface area (Å²) in [6.07, 6.45) is 0.985. The molecule has 0 aliphatic rings. The minimum absolute atomic E-state index is 0.774. The Hall–Kier alpha value is -1.16. The summed E-state index contributed by atoms with van der Waals surface area (Å²) >= 11 is 0. The Morgan fingerprint density at radius 2 is 2.14 bits per heavy atom. The van der Waals surface area contributed by atoms with Crippen molar-refractivity contribution >= 4 is 5.82 Å². The van der Waals surface area contributed by atoms with Crippen molar-refractivity contribution in [2.75, 3.05) is 25.6 Å². The SMILES string of the molecule is COCCCNc1cc(C)nc(C)n1. The molecule has 0 atom stereocenters. The van der Waals surface area contributed by atoms with Crippen LogP contribution < -0.4 is 5.32 Å². The van der Waals surface area contributed by atoms with Crippen LogP contribution in [0.4, 0.5) is 5.82 Å². The molecule has 1 aromatic rings. The summed E-state index contributed by atoms with van der Waals surface area (Å²) in [5.41, 5.74) is 0.992. The van der Waals surface area contributed by atoms with Crippen LogP contribution in [0, 0.1) is 13.8 Å². The lowest BCUT2D eigenvalue weighted by Crippen LogP contribution is -2.07. The highest BCUT2D eigenvalue weighted by Crippen LogP contribution is 2.05. The molecule has 0 saturated heterocycles. The minimum atomic E-state index is 0.774. The smallest absolute Gasteiger partial charge is 0.129 e. The third-order valence-electron chi connectivity index (χ3n) is 1.80. The van der Waals surface area contributed by atoms with Crippen molar-refractivity contribution in [1.29, 1.82) is 0 Å². The highest BCUT2D eigenvalue weighted by atomic mass is 16.5. The Labute approximate surface area is 84.7 Å². The van der Waals surface area contributed by atoms with Gasteiger partial charge in [0.15, 0.2) is 0 Å². The molecular formula is C10H17N3O. The number of nitrogens with zero attached hydrogens (tertiary/aromatic N) is 2. The van der Waals surface area contributed by atoms with Crippen molar-refractivity contribution in [3.05, 3.63) is 17.6 Å². The molecule has 1 aromatic heterocycles. The summed E-state index contributed by atoms with van der Waals surface area (Å²) in [6.45, 7) is 5.52. The average molecular weight is 195 g/mol. The fraction of sp³-hybridized carbons (Fsp3) is 0.600. The van der Waals surface area contributed by atoms with Crippen LogP contribution in [-0.2, 0) is 4.74 Å². The predicted octanol–water partition coefficient (Wildman–Crippen LogP) is 1.54. The van der Waals surface area contributed by atoms with E-state index in [1.54, 1.807) is 7.11 Å². The van der Waals surface area contributed by atoms with Crippen LogP contribution in [-0.4, -0.2) is 30.2 Å². The Balaban J connectivity index is 2.42. The van der Waals surface area contributed by atoms with Crippen LogP contribution in [0.5, 0.6) is 0 Å². The van der Waals surface area contributed by atoms with E-state index in [9.17, 15) is 0 Å². The average Bonchev–Trinajstić information content (AvgIpc) is 2.11. The van der Waals surface area contributed by atoms with Crippen LogP contribution in [0.15, 0.2) is 6.07 Å². The number of hydrogen-bond acceptors (Lipinski definition) is 4. The molecular weight excluding hydrogens is 178 g/mol. The molecule has 14 heavy (non-hydrogen) atoms. The van der Waals surface area contributed by atoms with E-state index in [-0.39, 0.29) is 0 Å². The molecule has 0 fully saturated rings. The van der Waals surface area contributed by atoms with Gasteiger partial charge in [0.05, 0.1) is 0 Å². The minimum Gasteiger partial charge on any atom is -0.385 e. The third kappa shape index (κ3) is 3.70. The van der Waals surface area contributed by atoms with Crippen molar-refractivity contribution < 1.29 is 4.74 Å². The zero-order valence-electron chi connectivity index (χ0n) is 9.00. The standard InChI is InChI=1S/C10H17N3O/c1-8-7-10(13-9(2)12-8)11-5-4-6-14-3/h7H,4-6H2,1-3H3,(H,11,12,13). The number of nitrogens with one attached hydrogen (secondary N) is 1. The maximum absolute atomic E-state index is 4.95. The second-order valence-corrected chi connectivity index (χ2v) is 3.21. The molecule has 0 aliphatic heterocycles. The van der Waals surface area contributed by atoms with Crippen LogP contribution in [0.25, 0.3) is 0 Å². The van der Waals surface area contributed by atoms with Crippen molar-refractivity contribution in [3.63, 3.8) is 0 Å². The van der Waals surface area contributed by atoms with Gasteiger partial charge in [-0.2, -0.15) is 0 Å². The number of aryl methyl sites for hydroxylation is 2. The van der Waals surface area contributed by atoms with Crippen molar-refractivity contribution in [3.8, 4) is 0 Å². The largest absolute Gasteiger partial charge is 0.385 e. The van der Waals surface area contributed by atoms with Crippen LogP contribution in [0.2, 0.25) is 0 Å². The first-order chi connectivity index (χ1) is 6.72. The molecule has 0 bridgehead atoms. The summed E-state index contributed by atoms with van der Waals surface area (Å²) in [4.78, 5) is 8.47. The quantitative estimate of drug-likeness (QED) is 0.724. The zero-order valence-corrected chi connectivity index (χ0v) is 9.00. The molecule has 0 spiro atoms. The second kappa shape index (κ2) is 5.54. The number of hydrogen-bond donors (Lipinski definition) is 1. The van der Waals surface area contributed by atoms with Crippen molar-refractivity contribution in [1.82, 2.24) is 9.97 Å². The monoisotopic (exact) mass is 195 g/mol. The van der Waals surface area contributed by atoms with Crippen molar-refractivity contribution in [2.45, 2.75) is 20.3 Å². The lowest BCUT2D eigenvalue weighted by molar-refractivity contribution is 0.198. The number of aromatic nitrogens is 2. The van der Waals surface area contributed by atoms with E-state index in [4.69, 9.17) is 4.74 Å². The first-order valence-electron chi connectivity index (χ1n) is 4.77. The van der Waals surface area contributed by atoms with Gasteiger partial charge in [-0.15, -0.1) is 0 Å². The van der Waals surface area contributed by atoms with Crippen molar-refractivity contribution in [2.24, 2.45) is 0 Å². The molecule has 0 aliphatic carbocycles. The summed E-state index contributed by atoms with van der Waals surface area (Å²) in [5, 5.41) is 3.23. The van der Waals surface area contributed by atoms with E-state index < -0.39 is 0 Å². The maximum atomic E-state index is 4.95.